The number of nitrogens with zero attached hydrogens (tertiary/aromatic N) is 1. The predicted molar refractivity (Wildman–Crippen MR) is 101 cm³/mol. The van der Waals surface area contributed by atoms with Crippen molar-refractivity contribution in [1.29, 1.82) is 0 Å². The van der Waals surface area contributed by atoms with Gasteiger partial charge in [-0.15, -0.1) is 0 Å². The van der Waals surface area contributed by atoms with Gasteiger partial charge < -0.3 is 9.47 Å². The fourth-order valence-corrected chi connectivity index (χ4v) is 3.06. The molecule has 0 bridgehead atoms. The Hall–Kier alpha value is -3.01. The number of carbonyl (C=O) groups excluding carboxylic acids is 2. The van der Waals surface area contributed by atoms with Gasteiger partial charge in [-0.1, -0.05) is 18.2 Å². The number of hydrogen-bond donors (Lipinski definition) is 0. The van der Waals surface area contributed by atoms with Crippen LogP contribution in [-0.2, 0) is 25.7 Å². The average molecular weight is 445 g/mol. The van der Waals surface area contributed by atoms with E-state index in [0.29, 0.717) is 16.8 Å². The normalized spacial score (nSPS) is 11.9. The summed E-state index contributed by atoms with van der Waals surface area (Å²) in [4.78, 5) is 26.3. The van der Waals surface area contributed by atoms with Crippen LogP contribution < -0.4 is 4.90 Å². The third-order valence-corrected chi connectivity index (χ3v) is 4.60. The van der Waals surface area contributed by atoms with Crippen LogP contribution in [0.5, 0.6) is 0 Å². The summed E-state index contributed by atoms with van der Waals surface area (Å²) in [6, 6.07) is 3.88. The first-order valence-corrected chi connectivity index (χ1v) is 9.07. The molecule has 5 nitrogen and oxygen atoms in total. The number of hydrogen-bond acceptors (Lipinski definition) is 4. The number of amides is 1. The summed E-state index contributed by atoms with van der Waals surface area (Å²) >= 11 is 0. The van der Waals surface area contributed by atoms with Crippen molar-refractivity contribution in [2.75, 3.05) is 18.6 Å². The molecule has 0 aliphatic heterocycles. The number of aryl methyl sites for hydroxylation is 2. The SMILES string of the molecule is COCC(=O)N(c1c(C)cccc1C)C(C)C(=O)OCc1c(F)c(F)c(F)c(F)c1F. The lowest BCUT2D eigenvalue weighted by Crippen LogP contribution is -2.46. The molecule has 168 valence electrons. The maximum absolute atomic E-state index is 13.8. The van der Waals surface area contributed by atoms with E-state index in [9.17, 15) is 31.5 Å². The highest BCUT2D eigenvalue weighted by Crippen LogP contribution is 2.28. The van der Waals surface area contributed by atoms with Crippen molar-refractivity contribution in [3.8, 4) is 0 Å². The second kappa shape index (κ2) is 9.86. The molecule has 1 amide bonds. The number of carbonyl (C=O) groups is 2. The number of halogens is 5. The van der Waals surface area contributed by atoms with Gasteiger partial charge in [-0.05, 0) is 31.9 Å². The van der Waals surface area contributed by atoms with E-state index in [0.717, 1.165) is 4.90 Å². The van der Waals surface area contributed by atoms with E-state index in [2.05, 4.69) is 0 Å². The van der Waals surface area contributed by atoms with Gasteiger partial charge in [0.05, 0.1) is 11.3 Å². The minimum Gasteiger partial charge on any atom is -0.459 e. The molecule has 1 atom stereocenters. The van der Waals surface area contributed by atoms with Gasteiger partial charge in [0, 0.05) is 7.11 Å². The lowest BCUT2D eigenvalue weighted by molar-refractivity contribution is -0.147. The van der Waals surface area contributed by atoms with Crippen molar-refractivity contribution in [2.45, 2.75) is 33.4 Å². The van der Waals surface area contributed by atoms with Crippen LogP contribution in [0.25, 0.3) is 0 Å². The highest BCUT2D eigenvalue weighted by atomic mass is 19.2. The monoisotopic (exact) mass is 445 g/mol. The summed E-state index contributed by atoms with van der Waals surface area (Å²) in [5.74, 6) is -12.5. The van der Waals surface area contributed by atoms with Gasteiger partial charge in [-0.2, -0.15) is 0 Å². The minimum absolute atomic E-state index is 0.372. The molecule has 31 heavy (non-hydrogen) atoms. The second-order valence-corrected chi connectivity index (χ2v) is 6.77. The lowest BCUT2D eigenvalue weighted by atomic mass is 10.1. The van der Waals surface area contributed by atoms with E-state index < -0.39 is 59.2 Å². The molecule has 0 saturated heterocycles. The van der Waals surface area contributed by atoms with E-state index in [1.807, 2.05) is 0 Å². The average Bonchev–Trinajstić information content (AvgIpc) is 2.73. The van der Waals surface area contributed by atoms with Crippen LogP contribution in [0.2, 0.25) is 0 Å². The quantitative estimate of drug-likeness (QED) is 0.279. The zero-order valence-electron chi connectivity index (χ0n) is 17.2. The molecule has 0 fully saturated rings. The predicted octanol–water partition coefficient (Wildman–Crippen LogP) is 4.11. The standard InChI is InChI=1S/C21H20F5NO4/c1-10-6-5-7-11(2)20(10)27(14(28)9-30-4)12(3)21(29)31-8-13-15(22)17(24)19(26)18(25)16(13)23/h5-7,12H,8-9H2,1-4H3. The summed E-state index contributed by atoms with van der Waals surface area (Å²) in [5.41, 5.74) is 0.428. The summed E-state index contributed by atoms with van der Waals surface area (Å²) < 4.78 is 77.1. The minimum atomic E-state index is -2.31. The van der Waals surface area contributed by atoms with Crippen LogP contribution in [0.1, 0.15) is 23.6 Å². The molecule has 2 aromatic carbocycles. The first-order valence-electron chi connectivity index (χ1n) is 9.07. The Morgan fingerprint density at radius 2 is 1.42 bits per heavy atom. The highest BCUT2D eigenvalue weighted by Gasteiger charge is 2.32. The zero-order valence-corrected chi connectivity index (χ0v) is 17.2. The summed E-state index contributed by atoms with van der Waals surface area (Å²) in [6.45, 7) is 3.14. The fourth-order valence-electron chi connectivity index (χ4n) is 3.06. The molecule has 0 heterocycles. The maximum atomic E-state index is 13.8. The number of para-hydroxylation sites is 1. The molecule has 0 N–H and O–H groups in total. The van der Waals surface area contributed by atoms with Gasteiger partial charge in [-0.25, -0.2) is 26.7 Å². The Balaban J connectivity index is 2.34. The number of methoxy groups -OCH3 is 1. The molecule has 0 spiro atoms. The topological polar surface area (TPSA) is 55.8 Å². The van der Waals surface area contributed by atoms with Crippen LogP contribution in [0.4, 0.5) is 27.6 Å². The van der Waals surface area contributed by atoms with Crippen LogP contribution in [0.15, 0.2) is 18.2 Å². The van der Waals surface area contributed by atoms with Crippen LogP contribution in [-0.4, -0.2) is 31.6 Å². The molecule has 0 aromatic heterocycles. The first kappa shape index (κ1) is 24.3. The second-order valence-electron chi connectivity index (χ2n) is 6.77. The third-order valence-electron chi connectivity index (χ3n) is 4.60. The smallest absolute Gasteiger partial charge is 0.329 e. The van der Waals surface area contributed by atoms with Crippen molar-refractivity contribution >= 4 is 17.6 Å². The van der Waals surface area contributed by atoms with Crippen LogP contribution in [0, 0.1) is 42.9 Å². The lowest BCUT2D eigenvalue weighted by Gasteiger charge is -2.30. The zero-order chi connectivity index (χ0) is 23.5. The third kappa shape index (κ3) is 4.84. The van der Waals surface area contributed by atoms with E-state index >= 15 is 0 Å². The van der Waals surface area contributed by atoms with E-state index in [1.54, 1.807) is 32.0 Å². The number of rotatable bonds is 7. The van der Waals surface area contributed by atoms with Crippen LogP contribution >= 0.6 is 0 Å². The molecule has 1 unspecified atom stereocenters. The summed E-state index contributed by atoms with van der Waals surface area (Å²) in [7, 11) is 1.28. The molecule has 2 rings (SSSR count). The largest absolute Gasteiger partial charge is 0.459 e. The number of esters is 1. The molecular formula is C21H20F5NO4. The molecule has 0 radical (unpaired) electrons. The number of benzene rings is 2. The van der Waals surface area contributed by atoms with Gasteiger partial charge >= 0.3 is 5.97 Å². The summed E-state index contributed by atoms with van der Waals surface area (Å²) in [6.07, 6.45) is 0. The van der Waals surface area contributed by atoms with Crippen molar-refractivity contribution in [1.82, 2.24) is 0 Å². The van der Waals surface area contributed by atoms with Gasteiger partial charge in [-0.3, -0.25) is 9.69 Å². The Morgan fingerprint density at radius 3 is 1.90 bits per heavy atom. The molecular weight excluding hydrogens is 425 g/mol. The Kier molecular flexibility index (Phi) is 7.72. The molecule has 2 aromatic rings. The number of ether oxygens (including phenoxy) is 2. The first-order chi connectivity index (χ1) is 14.5. The molecule has 0 aliphatic rings. The van der Waals surface area contributed by atoms with Gasteiger partial charge in [0.15, 0.2) is 23.3 Å². The summed E-state index contributed by atoms with van der Waals surface area (Å²) in [5, 5.41) is 0. The van der Waals surface area contributed by atoms with Crippen LogP contribution in [0.3, 0.4) is 0 Å². The highest BCUT2D eigenvalue weighted by molar-refractivity contribution is 6.01. The number of anilines is 1. The van der Waals surface area contributed by atoms with Crippen molar-refractivity contribution in [3.63, 3.8) is 0 Å². The van der Waals surface area contributed by atoms with Gasteiger partial charge in [0.1, 0.15) is 19.3 Å². The Bertz CT molecular complexity index is 962. The van der Waals surface area contributed by atoms with E-state index in [4.69, 9.17) is 9.47 Å². The van der Waals surface area contributed by atoms with Gasteiger partial charge in [0.2, 0.25) is 5.82 Å². The molecule has 0 saturated carbocycles. The van der Waals surface area contributed by atoms with Gasteiger partial charge in [0.25, 0.3) is 5.91 Å². The van der Waals surface area contributed by atoms with Crippen molar-refractivity contribution in [3.05, 3.63) is 64.0 Å². The fraction of sp³-hybridized carbons (Fsp3) is 0.333. The van der Waals surface area contributed by atoms with Crippen molar-refractivity contribution < 1.29 is 41.0 Å². The molecule has 10 heteroatoms. The Morgan fingerprint density at radius 1 is 0.935 bits per heavy atom. The maximum Gasteiger partial charge on any atom is 0.329 e. The van der Waals surface area contributed by atoms with E-state index in [1.165, 1.54) is 14.0 Å². The van der Waals surface area contributed by atoms with Crippen molar-refractivity contribution in [2.24, 2.45) is 0 Å². The van der Waals surface area contributed by atoms with E-state index in [-0.39, 0.29) is 6.61 Å². The Labute approximate surface area is 175 Å². The molecule has 0 aliphatic carbocycles.